The van der Waals surface area contributed by atoms with Gasteiger partial charge in [0.15, 0.2) is 0 Å². The SMILES string of the molecule is Cc1ccc(C(=O)Nc2ccc(C#N)cc2Cl)c(C)n1. The molecule has 0 aliphatic heterocycles. The average molecular weight is 286 g/mol. The summed E-state index contributed by atoms with van der Waals surface area (Å²) in [6.45, 7) is 3.65. The smallest absolute Gasteiger partial charge is 0.257 e. The van der Waals surface area contributed by atoms with E-state index in [1.807, 2.05) is 13.0 Å². The van der Waals surface area contributed by atoms with Gasteiger partial charge in [-0.1, -0.05) is 11.6 Å². The Labute approximate surface area is 122 Å². The number of nitrogens with one attached hydrogen (secondary N) is 1. The maximum atomic E-state index is 12.2. The number of nitriles is 1. The van der Waals surface area contributed by atoms with Crippen molar-refractivity contribution in [2.24, 2.45) is 0 Å². The molecule has 100 valence electrons. The number of halogens is 1. The van der Waals surface area contributed by atoms with Crippen LogP contribution >= 0.6 is 11.6 Å². The van der Waals surface area contributed by atoms with Crippen LogP contribution in [0.3, 0.4) is 0 Å². The fraction of sp³-hybridized carbons (Fsp3) is 0.133. The molecule has 1 aromatic heterocycles. The standard InChI is InChI=1S/C15H12ClN3O/c1-9-3-5-12(10(2)18-9)15(20)19-14-6-4-11(8-17)7-13(14)16/h3-7H,1-2H3,(H,19,20). The number of aryl methyl sites for hydroxylation is 2. The van der Waals surface area contributed by atoms with Gasteiger partial charge in [0.25, 0.3) is 5.91 Å². The molecule has 0 atom stereocenters. The lowest BCUT2D eigenvalue weighted by Crippen LogP contribution is -2.14. The van der Waals surface area contributed by atoms with Crippen LogP contribution in [0.25, 0.3) is 0 Å². The van der Waals surface area contributed by atoms with Gasteiger partial charge in [-0.3, -0.25) is 9.78 Å². The second kappa shape index (κ2) is 5.72. The lowest BCUT2D eigenvalue weighted by Gasteiger charge is -2.09. The van der Waals surface area contributed by atoms with E-state index >= 15 is 0 Å². The van der Waals surface area contributed by atoms with Crippen LogP contribution in [-0.4, -0.2) is 10.9 Å². The average Bonchev–Trinajstić information content (AvgIpc) is 2.40. The van der Waals surface area contributed by atoms with Gasteiger partial charge in [0.1, 0.15) is 0 Å². The van der Waals surface area contributed by atoms with E-state index in [-0.39, 0.29) is 5.91 Å². The Kier molecular flexibility index (Phi) is 4.02. The first-order valence-corrected chi connectivity index (χ1v) is 6.34. The van der Waals surface area contributed by atoms with Gasteiger partial charge in [0.2, 0.25) is 0 Å². The molecule has 0 saturated carbocycles. The maximum absolute atomic E-state index is 12.2. The van der Waals surface area contributed by atoms with E-state index in [2.05, 4.69) is 10.3 Å². The summed E-state index contributed by atoms with van der Waals surface area (Å²) in [7, 11) is 0. The molecule has 0 fully saturated rings. The molecule has 1 heterocycles. The molecule has 0 unspecified atom stereocenters. The normalized spacial score (nSPS) is 9.90. The van der Waals surface area contributed by atoms with Crippen molar-refractivity contribution in [2.75, 3.05) is 5.32 Å². The van der Waals surface area contributed by atoms with Crippen LogP contribution in [-0.2, 0) is 0 Å². The predicted molar refractivity (Wildman–Crippen MR) is 77.8 cm³/mol. The zero-order chi connectivity index (χ0) is 14.7. The van der Waals surface area contributed by atoms with E-state index in [1.54, 1.807) is 31.2 Å². The predicted octanol–water partition coefficient (Wildman–Crippen LogP) is 3.48. The minimum Gasteiger partial charge on any atom is -0.321 e. The maximum Gasteiger partial charge on any atom is 0.257 e. The van der Waals surface area contributed by atoms with Crippen LogP contribution in [0.2, 0.25) is 5.02 Å². The van der Waals surface area contributed by atoms with Crippen LogP contribution in [0.4, 0.5) is 5.69 Å². The van der Waals surface area contributed by atoms with Crippen LogP contribution in [0.15, 0.2) is 30.3 Å². The van der Waals surface area contributed by atoms with Crippen LogP contribution < -0.4 is 5.32 Å². The topological polar surface area (TPSA) is 65.8 Å². The van der Waals surface area contributed by atoms with Crippen molar-refractivity contribution in [3.05, 3.63) is 57.9 Å². The summed E-state index contributed by atoms with van der Waals surface area (Å²) in [5.74, 6) is -0.276. The molecule has 5 heteroatoms. The van der Waals surface area contributed by atoms with E-state index in [0.29, 0.717) is 27.5 Å². The summed E-state index contributed by atoms with van der Waals surface area (Å²) in [5.41, 5.74) is 2.93. The summed E-state index contributed by atoms with van der Waals surface area (Å²) >= 11 is 6.02. The molecule has 4 nitrogen and oxygen atoms in total. The minimum absolute atomic E-state index is 0.276. The van der Waals surface area contributed by atoms with E-state index in [4.69, 9.17) is 16.9 Å². The van der Waals surface area contributed by atoms with Crippen molar-refractivity contribution < 1.29 is 4.79 Å². The number of pyridine rings is 1. The highest BCUT2D eigenvalue weighted by Crippen LogP contribution is 2.23. The van der Waals surface area contributed by atoms with E-state index in [1.165, 1.54) is 6.07 Å². The first-order valence-electron chi connectivity index (χ1n) is 5.96. The Bertz CT molecular complexity index is 720. The van der Waals surface area contributed by atoms with Crippen molar-refractivity contribution in [1.82, 2.24) is 4.98 Å². The molecular weight excluding hydrogens is 274 g/mol. The summed E-state index contributed by atoms with van der Waals surface area (Å²) in [6.07, 6.45) is 0. The molecule has 1 amide bonds. The quantitative estimate of drug-likeness (QED) is 0.918. The van der Waals surface area contributed by atoms with Crippen molar-refractivity contribution in [3.63, 3.8) is 0 Å². The number of anilines is 1. The largest absolute Gasteiger partial charge is 0.321 e. The van der Waals surface area contributed by atoms with Gasteiger partial charge in [-0.25, -0.2) is 0 Å². The number of hydrogen-bond donors (Lipinski definition) is 1. The molecular formula is C15H12ClN3O. The summed E-state index contributed by atoms with van der Waals surface area (Å²) < 4.78 is 0. The molecule has 1 aromatic carbocycles. The number of rotatable bonds is 2. The highest BCUT2D eigenvalue weighted by atomic mass is 35.5. The van der Waals surface area contributed by atoms with Crippen molar-refractivity contribution >= 4 is 23.2 Å². The van der Waals surface area contributed by atoms with Gasteiger partial charge < -0.3 is 5.32 Å². The number of carbonyl (C=O) groups is 1. The first-order chi connectivity index (χ1) is 9.51. The number of aromatic nitrogens is 1. The van der Waals surface area contributed by atoms with Gasteiger partial charge in [-0.15, -0.1) is 0 Å². The third kappa shape index (κ3) is 2.95. The Morgan fingerprint density at radius 2 is 2.05 bits per heavy atom. The van der Waals surface area contributed by atoms with Gasteiger partial charge in [0, 0.05) is 5.69 Å². The molecule has 2 aromatic rings. The minimum atomic E-state index is -0.276. The monoisotopic (exact) mass is 285 g/mol. The van der Waals surface area contributed by atoms with Crippen molar-refractivity contribution in [3.8, 4) is 6.07 Å². The highest BCUT2D eigenvalue weighted by Gasteiger charge is 2.12. The third-order valence-electron chi connectivity index (χ3n) is 2.82. The zero-order valence-electron chi connectivity index (χ0n) is 11.1. The third-order valence-corrected chi connectivity index (χ3v) is 3.13. The molecule has 20 heavy (non-hydrogen) atoms. The lowest BCUT2D eigenvalue weighted by molar-refractivity contribution is 0.102. The molecule has 1 N–H and O–H groups in total. The Balaban J connectivity index is 2.26. The summed E-state index contributed by atoms with van der Waals surface area (Å²) in [5, 5.41) is 11.8. The Hall–Kier alpha value is -2.38. The highest BCUT2D eigenvalue weighted by molar-refractivity contribution is 6.34. The number of nitrogens with zero attached hydrogens (tertiary/aromatic N) is 2. The van der Waals surface area contributed by atoms with Gasteiger partial charge >= 0.3 is 0 Å². The molecule has 2 rings (SSSR count). The van der Waals surface area contributed by atoms with Crippen LogP contribution in [0.5, 0.6) is 0 Å². The van der Waals surface area contributed by atoms with Crippen LogP contribution in [0, 0.1) is 25.2 Å². The Morgan fingerprint density at radius 1 is 1.30 bits per heavy atom. The molecule has 0 aliphatic rings. The lowest BCUT2D eigenvalue weighted by atomic mass is 10.1. The van der Waals surface area contributed by atoms with Gasteiger partial charge in [-0.05, 0) is 44.2 Å². The fourth-order valence-corrected chi connectivity index (χ4v) is 2.03. The molecule has 0 radical (unpaired) electrons. The molecule has 0 aliphatic carbocycles. The zero-order valence-corrected chi connectivity index (χ0v) is 11.8. The second-order valence-corrected chi connectivity index (χ2v) is 4.75. The van der Waals surface area contributed by atoms with Gasteiger partial charge in [0.05, 0.1) is 33.6 Å². The van der Waals surface area contributed by atoms with E-state index < -0.39 is 0 Å². The molecule has 0 spiro atoms. The van der Waals surface area contributed by atoms with Crippen molar-refractivity contribution in [1.29, 1.82) is 5.26 Å². The second-order valence-electron chi connectivity index (χ2n) is 4.35. The number of carbonyl (C=O) groups excluding carboxylic acids is 1. The summed E-state index contributed by atoms with van der Waals surface area (Å²) in [6, 6.07) is 10.2. The van der Waals surface area contributed by atoms with Crippen molar-refractivity contribution in [2.45, 2.75) is 13.8 Å². The summed E-state index contributed by atoms with van der Waals surface area (Å²) in [4.78, 5) is 16.4. The number of benzene rings is 1. The van der Waals surface area contributed by atoms with E-state index in [9.17, 15) is 4.79 Å². The first kappa shape index (κ1) is 14.0. The fourth-order valence-electron chi connectivity index (χ4n) is 1.80. The number of amides is 1. The molecule has 0 saturated heterocycles. The van der Waals surface area contributed by atoms with E-state index in [0.717, 1.165) is 5.69 Å². The Morgan fingerprint density at radius 3 is 2.65 bits per heavy atom. The molecule has 0 bridgehead atoms. The number of hydrogen-bond acceptors (Lipinski definition) is 3. The van der Waals surface area contributed by atoms with Gasteiger partial charge in [-0.2, -0.15) is 5.26 Å². The van der Waals surface area contributed by atoms with Crippen LogP contribution in [0.1, 0.15) is 27.3 Å².